The van der Waals surface area contributed by atoms with Crippen molar-refractivity contribution in [3.05, 3.63) is 59.1 Å². The van der Waals surface area contributed by atoms with E-state index in [1.807, 2.05) is 5.92 Å². The third kappa shape index (κ3) is 4.47. The van der Waals surface area contributed by atoms with Gasteiger partial charge in [-0.15, -0.1) is 0 Å². The Morgan fingerprint density at radius 1 is 1.11 bits per heavy atom. The highest BCUT2D eigenvalue weighted by molar-refractivity contribution is 6.30. The van der Waals surface area contributed by atoms with Crippen LogP contribution in [0.15, 0.2) is 48.5 Å². The Hall–Kier alpha value is -2.85. The van der Waals surface area contributed by atoms with Crippen molar-refractivity contribution in [3.63, 3.8) is 0 Å². The number of hydrogen-bond acceptors (Lipinski definition) is 4. The predicted octanol–water partition coefficient (Wildman–Crippen LogP) is 4.29. The molecule has 0 saturated carbocycles. The van der Waals surface area contributed by atoms with Crippen molar-refractivity contribution in [1.29, 1.82) is 0 Å². The molecule has 4 nitrogen and oxygen atoms in total. The van der Waals surface area contributed by atoms with E-state index in [2.05, 4.69) is 16.0 Å². The van der Waals surface area contributed by atoms with E-state index in [0.29, 0.717) is 5.02 Å². The summed E-state index contributed by atoms with van der Waals surface area (Å²) in [6, 6.07) is 11.8. The van der Waals surface area contributed by atoms with Gasteiger partial charge in [0.25, 0.3) is 5.54 Å². The summed E-state index contributed by atoms with van der Waals surface area (Å²) < 4.78 is 51.4. The lowest BCUT2D eigenvalue weighted by atomic mass is 9.97. The number of anilines is 1. The number of hydrogen-bond donors (Lipinski definition) is 1. The molecule has 2 aromatic rings. The van der Waals surface area contributed by atoms with Crippen LogP contribution in [0.5, 0.6) is 5.75 Å². The fourth-order valence-corrected chi connectivity index (χ4v) is 2.42. The topological polar surface area (TPSA) is 47.6 Å². The number of ether oxygens (including phenoxy) is 2. The fourth-order valence-electron chi connectivity index (χ4n) is 2.23. The van der Waals surface area contributed by atoms with E-state index in [1.54, 1.807) is 12.1 Å². The molecule has 0 unspecified atom stereocenters. The number of methoxy groups -OCH3 is 2. The molecule has 27 heavy (non-hydrogen) atoms. The van der Waals surface area contributed by atoms with E-state index in [0.717, 1.165) is 7.11 Å². The highest BCUT2D eigenvalue weighted by Crippen LogP contribution is 2.37. The number of halogens is 4. The molecule has 0 aliphatic heterocycles. The maximum Gasteiger partial charge on any atom is 0.434 e. The maximum absolute atomic E-state index is 14.0. The van der Waals surface area contributed by atoms with Gasteiger partial charge in [-0.2, -0.15) is 13.2 Å². The number of carbonyl (C=O) groups is 1. The summed E-state index contributed by atoms with van der Waals surface area (Å²) in [6.07, 6.45) is -5.09. The second-order valence-corrected chi connectivity index (χ2v) is 5.76. The predicted molar refractivity (Wildman–Crippen MR) is 95.7 cm³/mol. The summed E-state index contributed by atoms with van der Waals surface area (Å²) in [6.45, 7) is 0. The average molecular weight is 398 g/mol. The number of nitrogens with one attached hydrogen (secondary N) is 1. The molecular weight excluding hydrogens is 383 g/mol. The van der Waals surface area contributed by atoms with Crippen LogP contribution in [0.3, 0.4) is 0 Å². The van der Waals surface area contributed by atoms with Crippen LogP contribution >= 0.6 is 11.6 Å². The Kier molecular flexibility index (Phi) is 6.24. The van der Waals surface area contributed by atoms with E-state index >= 15 is 0 Å². The van der Waals surface area contributed by atoms with Crippen molar-refractivity contribution in [2.45, 2.75) is 11.7 Å². The number of esters is 1. The Labute approximate surface area is 159 Å². The molecule has 0 heterocycles. The minimum absolute atomic E-state index is 0.0666. The molecule has 142 valence electrons. The van der Waals surface area contributed by atoms with Crippen molar-refractivity contribution in [2.24, 2.45) is 0 Å². The molecule has 1 atom stereocenters. The van der Waals surface area contributed by atoms with Gasteiger partial charge in [-0.25, -0.2) is 4.79 Å². The molecule has 0 spiro atoms. The Morgan fingerprint density at radius 2 is 1.81 bits per heavy atom. The molecule has 0 fully saturated rings. The standard InChI is InChI=1S/C19H15ClF3NO3/c1-26-16-9-4-3-8-15(16)24-18(17(25)27-2,19(21,22)23)11-10-13-6-5-7-14(20)12-13/h3-9,12,24H,1-2H3/t18-/m1/s1. The van der Waals surface area contributed by atoms with E-state index in [1.165, 1.54) is 43.5 Å². The van der Waals surface area contributed by atoms with E-state index in [9.17, 15) is 18.0 Å². The van der Waals surface area contributed by atoms with E-state index < -0.39 is 17.7 Å². The summed E-state index contributed by atoms with van der Waals surface area (Å²) >= 11 is 5.83. The number of rotatable bonds is 4. The molecular formula is C19H15ClF3NO3. The molecule has 8 heteroatoms. The summed E-state index contributed by atoms with van der Waals surface area (Å²) in [5.41, 5.74) is -3.16. The van der Waals surface area contributed by atoms with E-state index in [-0.39, 0.29) is 17.0 Å². The second kappa shape index (κ2) is 8.23. The third-order valence-corrected chi connectivity index (χ3v) is 3.80. The van der Waals surface area contributed by atoms with Crippen LogP contribution in [0.2, 0.25) is 5.02 Å². The first-order chi connectivity index (χ1) is 12.7. The van der Waals surface area contributed by atoms with Gasteiger partial charge in [0.1, 0.15) is 5.75 Å². The SMILES string of the molecule is COC(=O)[C@@](C#Cc1cccc(Cl)c1)(Nc1ccccc1OC)C(F)(F)F. The first-order valence-corrected chi connectivity index (χ1v) is 7.96. The minimum Gasteiger partial charge on any atom is -0.495 e. The number of carbonyl (C=O) groups excluding carboxylic acids is 1. The zero-order chi connectivity index (χ0) is 20.1. The highest BCUT2D eigenvalue weighted by Gasteiger charge is 2.61. The Morgan fingerprint density at radius 3 is 2.41 bits per heavy atom. The molecule has 2 aromatic carbocycles. The van der Waals surface area contributed by atoms with Crippen LogP contribution < -0.4 is 10.1 Å². The van der Waals surface area contributed by atoms with Gasteiger partial charge in [-0.3, -0.25) is 0 Å². The normalized spacial score (nSPS) is 13.0. The lowest BCUT2D eigenvalue weighted by Gasteiger charge is -2.30. The summed E-state index contributed by atoms with van der Waals surface area (Å²) in [5.74, 6) is 2.85. The average Bonchev–Trinajstić information content (AvgIpc) is 2.63. The molecule has 0 saturated heterocycles. The molecule has 0 aromatic heterocycles. The molecule has 0 bridgehead atoms. The molecule has 0 radical (unpaired) electrons. The third-order valence-electron chi connectivity index (χ3n) is 3.56. The van der Waals surface area contributed by atoms with Crippen LogP contribution in [-0.4, -0.2) is 31.9 Å². The van der Waals surface area contributed by atoms with Gasteiger partial charge in [-0.1, -0.05) is 35.7 Å². The van der Waals surface area contributed by atoms with Gasteiger partial charge in [0.15, 0.2) is 0 Å². The van der Waals surface area contributed by atoms with Crippen LogP contribution in [0, 0.1) is 11.8 Å². The van der Waals surface area contributed by atoms with Gasteiger partial charge >= 0.3 is 12.1 Å². The molecule has 2 rings (SSSR count). The zero-order valence-corrected chi connectivity index (χ0v) is 15.1. The Bertz CT molecular complexity index is 889. The van der Waals surface area contributed by atoms with Crippen molar-refractivity contribution >= 4 is 23.3 Å². The molecule has 0 aliphatic rings. The fraction of sp³-hybridized carbons (Fsp3) is 0.211. The van der Waals surface area contributed by atoms with Crippen molar-refractivity contribution in [3.8, 4) is 17.6 Å². The van der Waals surface area contributed by atoms with Gasteiger partial charge < -0.3 is 14.8 Å². The minimum atomic E-state index is -5.09. The first-order valence-electron chi connectivity index (χ1n) is 7.58. The van der Waals surface area contributed by atoms with E-state index in [4.69, 9.17) is 16.3 Å². The number of para-hydroxylation sites is 2. The van der Waals surface area contributed by atoms with Gasteiger partial charge in [0.2, 0.25) is 0 Å². The maximum atomic E-state index is 14.0. The van der Waals surface area contributed by atoms with Gasteiger partial charge in [0.05, 0.1) is 19.9 Å². The lowest BCUT2D eigenvalue weighted by molar-refractivity contribution is -0.187. The van der Waals surface area contributed by atoms with Crippen LogP contribution in [0.25, 0.3) is 0 Å². The molecule has 1 N–H and O–H groups in total. The highest BCUT2D eigenvalue weighted by atomic mass is 35.5. The van der Waals surface area contributed by atoms with Crippen LogP contribution in [0.4, 0.5) is 18.9 Å². The lowest BCUT2D eigenvalue weighted by Crippen LogP contribution is -2.57. The molecule has 0 aliphatic carbocycles. The summed E-state index contributed by atoms with van der Waals surface area (Å²) in [7, 11) is 2.15. The number of alkyl halides is 3. The first kappa shape index (κ1) is 20.5. The quantitative estimate of drug-likeness (QED) is 0.617. The monoisotopic (exact) mass is 397 g/mol. The van der Waals surface area contributed by atoms with Gasteiger partial charge in [-0.05, 0) is 36.3 Å². The zero-order valence-electron chi connectivity index (χ0n) is 14.4. The van der Waals surface area contributed by atoms with Crippen molar-refractivity contribution < 1.29 is 27.4 Å². The largest absolute Gasteiger partial charge is 0.495 e. The van der Waals surface area contributed by atoms with Crippen molar-refractivity contribution in [1.82, 2.24) is 0 Å². The summed E-state index contributed by atoms with van der Waals surface area (Å²) in [4.78, 5) is 12.2. The Balaban J connectivity index is 2.62. The smallest absolute Gasteiger partial charge is 0.434 e. The number of benzene rings is 2. The van der Waals surface area contributed by atoms with Crippen LogP contribution in [-0.2, 0) is 9.53 Å². The second-order valence-electron chi connectivity index (χ2n) is 5.32. The van der Waals surface area contributed by atoms with Crippen LogP contribution in [0.1, 0.15) is 5.56 Å². The van der Waals surface area contributed by atoms with Crippen molar-refractivity contribution in [2.75, 3.05) is 19.5 Å². The summed E-state index contributed by atoms with van der Waals surface area (Å²) in [5, 5.41) is 2.46. The van der Waals surface area contributed by atoms with Gasteiger partial charge in [0, 0.05) is 10.6 Å². The molecule has 0 amide bonds.